The topological polar surface area (TPSA) is 17.1 Å². The summed E-state index contributed by atoms with van der Waals surface area (Å²) in [7, 11) is 0. The summed E-state index contributed by atoms with van der Waals surface area (Å²) in [5.41, 5.74) is 0.906. The van der Waals surface area contributed by atoms with Gasteiger partial charge in [0.1, 0.15) is 11.6 Å². The highest BCUT2D eigenvalue weighted by molar-refractivity contribution is 6.30. The standard InChI is InChI=1S/C12H14ClFO/c1-3-10(8(2)15)6-9-4-5-12(14)11(13)7-9/h4-5,7,10H,3,6H2,1-2H3. The fraction of sp³-hybridized carbons (Fsp3) is 0.417. The molecule has 1 atom stereocenters. The van der Waals surface area contributed by atoms with E-state index in [4.69, 9.17) is 11.6 Å². The fourth-order valence-electron chi connectivity index (χ4n) is 1.53. The number of benzene rings is 1. The Hall–Kier alpha value is -0.890. The van der Waals surface area contributed by atoms with Gasteiger partial charge < -0.3 is 0 Å². The van der Waals surface area contributed by atoms with Crippen molar-refractivity contribution in [2.24, 2.45) is 5.92 Å². The van der Waals surface area contributed by atoms with Crippen LogP contribution in [0.4, 0.5) is 4.39 Å². The van der Waals surface area contributed by atoms with E-state index in [2.05, 4.69) is 0 Å². The zero-order valence-electron chi connectivity index (χ0n) is 8.89. The lowest BCUT2D eigenvalue weighted by atomic mass is 9.94. The Kier molecular flexibility index (Phi) is 4.28. The van der Waals surface area contributed by atoms with Gasteiger partial charge in [0, 0.05) is 5.92 Å². The molecule has 0 saturated heterocycles. The molecule has 3 heteroatoms. The molecule has 0 aliphatic heterocycles. The maximum absolute atomic E-state index is 12.9. The highest BCUT2D eigenvalue weighted by Crippen LogP contribution is 2.19. The number of halogens is 2. The molecule has 0 amide bonds. The van der Waals surface area contributed by atoms with Crippen LogP contribution in [-0.4, -0.2) is 5.78 Å². The van der Waals surface area contributed by atoms with Crippen LogP contribution in [0.15, 0.2) is 18.2 Å². The zero-order valence-corrected chi connectivity index (χ0v) is 9.64. The van der Waals surface area contributed by atoms with E-state index in [-0.39, 0.29) is 16.7 Å². The monoisotopic (exact) mass is 228 g/mol. The van der Waals surface area contributed by atoms with E-state index in [1.807, 2.05) is 6.92 Å². The Bertz CT molecular complexity index is 363. The molecule has 1 nitrogen and oxygen atoms in total. The first-order valence-electron chi connectivity index (χ1n) is 4.99. The van der Waals surface area contributed by atoms with Crippen LogP contribution in [0.1, 0.15) is 25.8 Å². The van der Waals surface area contributed by atoms with Crippen molar-refractivity contribution in [3.05, 3.63) is 34.6 Å². The lowest BCUT2D eigenvalue weighted by Crippen LogP contribution is -2.12. The van der Waals surface area contributed by atoms with Gasteiger partial charge in [-0.3, -0.25) is 4.79 Å². The second kappa shape index (κ2) is 5.26. The van der Waals surface area contributed by atoms with Gasteiger partial charge in [-0.25, -0.2) is 4.39 Å². The van der Waals surface area contributed by atoms with E-state index in [1.54, 1.807) is 19.1 Å². The van der Waals surface area contributed by atoms with Crippen molar-refractivity contribution in [2.75, 3.05) is 0 Å². The molecule has 0 aliphatic carbocycles. The second-order valence-corrected chi connectivity index (χ2v) is 4.08. The van der Waals surface area contributed by atoms with Crippen molar-refractivity contribution in [1.29, 1.82) is 0 Å². The van der Waals surface area contributed by atoms with Crippen LogP contribution in [0, 0.1) is 11.7 Å². The molecule has 0 aliphatic rings. The number of hydrogen-bond donors (Lipinski definition) is 0. The fourth-order valence-corrected chi connectivity index (χ4v) is 1.73. The summed E-state index contributed by atoms with van der Waals surface area (Å²) in [6.45, 7) is 3.55. The van der Waals surface area contributed by atoms with Crippen LogP contribution in [0.2, 0.25) is 5.02 Å². The normalized spacial score (nSPS) is 12.5. The third-order valence-corrected chi connectivity index (χ3v) is 2.82. The van der Waals surface area contributed by atoms with Crippen molar-refractivity contribution in [3.63, 3.8) is 0 Å². The Morgan fingerprint density at radius 2 is 2.20 bits per heavy atom. The number of hydrogen-bond acceptors (Lipinski definition) is 1. The van der Waals surface area contributed by atoms with Gasteiger partial charge in [-0.15, -0.1) is 0 Å². The van der Waals surface area contributed by atoms with Crippen molar-refractivity contribution in [1.82, 2.24) is 0 Å². The molecule has 1 aromatic rings. The third-order valence-electron chi connectivity index (χ3n) is 2.53. The predicted octanol–water partition coefficient (Wildman–Crippen LogP) is 3.64. The smallest absolute Gasteiger partial charge is 0.141 e. The van der Waals surface area contributed by atoms with Crippen molar-refractivity contribution < 1.29 is 9.18 Å². The highest BCUT2D eigenvalue weighted by atomic mass is 35.5. The third kappa shape index (κ3) is 3.31. The summed E-state index contributed by atoms with van der Waals surface area (Å²) in [4.78, 5) is 11.2. The average molecular weight is 229 g/mol. The van der Waals surface area contributed by atoms with E-state index in [0.29, 0.717) is 6.42 Å². The molecule has 0 fully saturated rings. The molecule has 0 heterocycles. The van der Waals surface area contributed by atoms with Crippen LogP contribution < -0.4 is 0 Å². The minimum atomic E-state index is -0.420. The summed E-state index contributed by atoms with van der Waals surface area (Å²) in [6.07, 6.45) is 1.43. The van der Waals surface area contributed by atoms with Crippen LogP contribution in [0.3, 0.4) is 0 Å². The molecule has 0 saturated carbocycles. The molecule has 0 N–H and O–H groups in total. The minimum Gasteiger partial charge on any atom is -0.300 e. The number of carbonyl (C=O) groups is 1. The lowest BCUT2D eigenvalue weighted by Gasteiger charge is -2.11. The average Bonchev–Trinajstić information content (AvgIpc) is 2.19. The molecular formula is C12H14ClFO. The van der Waals surface area contributed by atoms with E-state index in [9.17, 15) is 9.18 Å². The molecule has 1 rings (SSSR count). The van der Waals surface area contributed by atoms with Gasteiger partial charge in [0.15, 0.2) is 0 Å². The van der Waals surface area contributed by atoms with E-state index < -0.39 is 5.82 Å². The first-order chi connectivity index (χ1) is 7.04. The summed E-state index contributed by atoms with van der Waals surface area (Å²) < 4.78 is 12.9. The van der Waals surface area contributed by atoms with Crippen LogP contribution in [-0.2, 0) is 11.2 Å². The molecule has 0 radical (unpaired) electrons. The molecule has 1 unspecified atom stereocenters. The molecular weight excluding hydrogens is 215 g/mol. The summed E-state index contributed by atoms with van der Waals surface area (Å²) in [6, 6.07) is 4.60. The summed E-state index contributed by atoms with van der Waals surface area (Å²) >= 11 is 5.66. The van der Waals surface area contributed by atoms with Gasteiger partial charge in [-0.2, -0.15) is 0 Å². The highest BCUT2D eigenvalue weighted by Gasteiger charge is 2.13. The lowest BCUT2D eigenvalue weighted by molar-refractivity contribution is -0.120. The zero-order chi connectivity index (χ0) is 11.4. The molecule has 0 aromatic heterocycles. The van der Waals surface area contributed by atoms with Crippen molar-refractivity contribution in [3.8, 4) is 0 Å². The minimum absolute atomic E-state index is 0.00604. The number of carbonyl (C=O) groups excluding carboxylic acids is 1. The van der Waals surface area contributed by atoms with E-state index >= 15 is 0 Å². The van der Waals surface area contributed by atoms with Gasteiger partial charge in [-0.1, -0.05) is 24.6 Å². The van der Waals surface area contributed by atoms with Gasteiger partial charge in [0.2, 0.25) is 0 Å². The second-order valence-electron chi connectivity index (χ2n) is 3.67. The van der Waals surface area contributed by atoms with Gasteiger partial charge in [0.25, 0.3) is 0 Å². The van der Waals surface area contributed by atoms with E-state index in [1.165, 1.54) is 6.07 Å². The predicted molar refractivity (Wildman–Crippen MR) is 59.6 cm³/mol. The van der Waals surface area contributed by atoms with Gasteiger partial charge in [0.05, 0.1) is 5.02 Å². The molecule has 82 valence electrons. The Balaban J connectivity index is 2.80. The molecule has 0 spiro atoms. The summed E-state index contributed by atoms with van der Waals surface area (Å²) in [5.74, 6) is -0.249. The number of ketones is 1. The Labute approximate surface area is 94.3 Å². The first kappa shape index (κ1) is 12.2. The molecule has 15 heavy (non-hydrogen) atoms. The SMILES string of the molecule is CCC(Cc1ccc(F)c(Cl)c1)C(C)=O. The maximum Gasteiger partial charge on any atom is 0.141 e. The summed E-state index contributed by atoms with van der Waals surface area (Å²) in [5, 5.41) is 0.117. The van der Waals surface area contributed by atoms with Crippen molar-refractivity contribution in [2.45, 2.75) is 26.7 Å². The van der Waals surface area contributed by atoms with Crippen LogP contribution in [0.25, 0.3) is 0 Å². The molecule has 1 aromatic carbocycles. The van der Waals surface area contributed by atoms with Crippen molar-refractivity contribution >= 4 is 17.4 Å². The quantitative estimate of drug-likeness (QED) is 0.769. The first-order valence-corrected chi connectivity index (χ1v) is 5.36. The van der Waals surface area contributed by atoms with Crippen LogP contribution in [0.5, 0.6) is 0 Å². The molecule has 0 bridgehead atoms. The van der Waals surface area contributed by atoms with Crippen LogP contribution >= 0.6 is 11.6 Å². The largest absolute Gasteiger partial charge is 0.300 e. The maximum atomic E-state index is 12.9. The van der Waals surface area contributed by atoms with Gasteiger partial charge >= 0.3 is 0 Å². The van der Waals surface area contributed by atoms with E-state index in [0.717, 1.165) is 12.0 Å². The number of rotatable bonds is 4. The number of Topliss-reactive ketones (excluding diaryl/α,β-unsaturated/α-hetero) is 1. The Morgan fingerprint density at radius 1 is 1.53 bits per heavy atom. The Morgan fingerprint density at radius 3 is 2.67 bits per heavy atom. The van der Waals surface area contributed by atoms with Gasteiger partial charge in [-0.05, 0) is 37.5 Å².